The van der Waals surface area contributed by atoms with Gasteiger partial charge in [-0.3, -0.25) is 0 Å². The summed E-state index contributed by atoms with van der Waals surface area (Å²) in [7, 11) is 0. The van der Waals surface area contributed by atoms with Crippen molar-refractivity contribution in [2.24, 2.45) is 0 Å². The summed E-state index contributed by atoms with van der Waals surface area (Å²) in [6.07, 6.45) is -4.79. The molecule has 1 aromatic rings. The van der Waals surface area contributed by atoms with E-state index in [1.54, 1.807) is 0 Å². The molecule has 0 fully saturated rings. The number of alkyl halides is 3. The van der Waals surface area contributed by atoms with Crippen molar-refractivity contribution in [3.8, 4) is 5.75 Å². The average molecular weight is 261 g/mol. The number of hydrogen-bond donors (Lipinski definition) is 0. The van der Waals surface area contributed by atoms with Crippen LogP contribution >= 0.6 is 0 Å². The van der Waals surface area contributed by atoms with Crippen molar-refractivity contribution in [2.75, 3.05) is 6.61 Å². The second-order valence-corrected chi connectivity index (χ2v) is 3.16. The molecule has 0 saturated heterocycles. The number of ether oxygens (including phenoxy) is 1. The summed E-state index contributed by atoms with van der Waals surface area (Å²) in [6.45, 7) is -7.47. The molecule has 0 aliphatic heterocycles. The van der Waals surface area contributed by atoms with Crippen LogP contribution in [0.5, 0.6) is 5.75 Å². The molecule has 0 N–H and O–H groups in total. The SMILES string of the molecule is Fc1ccc([B-](F)(F)F)c(OCC(F)(F)F)c1. The van der Waals surface area contributed by atoms with E-state index in [0.717, 1.165) is 0 Å². The van der Waals surface area contributed by atoms with Crippen molar-refractivity contribution in [1.82, 2.24) is 0 Å². The molecule has 1 nitrogen and oxygen atoms in total. The van der Waals surface area contributed by atoms with Crippen molar-refractivity contribution in [1.29, 1.82) is 0 Å². The van der Waals surface area contributed by atoms with E-state index in [9.17, 15) is 30.5 Å². The Bertz CT molecular complexity index is 398. The van der Waals surface area contributed by atoms with Crippen LogP contribution in [0.15, 0.2) is 18.2 Å². The maximum Gasteiger partial charge on any atom is 0.513 e. The molecule has 1 rings (SSSR count). The lowest BCUT2D eigenvalue weighted by Crippen LogP contribution is -2.36. The molecule has 0 bridgehead atoms. The van der Waals surface area contributed by atoms with E-state index in [-0.39, 0.29) is 6.07 Å². The Morgan fingerprint density at radius 2 is 1.71 bits per heavy atom. The molecule has 0 saturated carbocycles. The van der Waals surface area contributed by atoms with Crippen LogP contribution in [-0.2, 0) is 0 Å². The summed E-state index contributed by atoms with van der Waals surface area (Å²) in [4.78, 5) is 0. The summed E-state index contributed by atoms with van der Waals surface area (Å²) < 4.78 is 89.0. The first-order valence-electron chi connectivity index (χ1n) is 4.28. The van der Waals surface area contributed by atoms with E-state index in [2.05, 4.69) is 4.74 Å². The molecule has 0 atom stereocenters. The zero-order chi connectivity index (χ0) is 13.3. The number of rotatable bonds is 3. The van der Waals surface area contributed by atoms with Gasteiger partial charge in [0.15, 0.2) is 6.61 Å². The monoisotopic (exact) mass is 261 g/mol. The molecule has 0 heterocycles. The largest absolute Gasteiger partial charge is 0.513 e. The van der Waals surface area contributed by atoms with Crippen molar-refractivity contribution in [3.63, 3.8) is 0 Å². The van der Waals surface area contributed by atoms with Crippen LogP contribution in [0, 0.1) is 5.82 Å². The summed E-state index contributed by atoms with van der Waals surface area (Å²) >= 11 is 0. The molecule has 1 aromatic carbocycles. The molecule has 96 valence electrons. The molecule has 9 heteroatoms. The van der Waals surface area contributed by atoms with Crippen LogP contribution in [0.3, 0.4) is 0 Å². The second kappa shape index (κ2) is 4.46. The lowest BCUT2D eigenvalue weighted by molar-refractivity contribution is -0.153. The van der Waals surface area contributed by atoms with Crippen LogP contribution in [-0.4, -0.2) is 19.8 Å². The van der Waals surface area contributed by atoms with E-state index in [0.29, 0.717) is 12.1 Å². The second-order valence-electron chi connectivity index (χ2n) is 3.16. The third-order valence-electron chi connectivity index (χ3n) is 1.72. The summed E-state index contributed by atoms with van der Waals surface area (Å²) in [5, 5.41) is 0. The summed E-state index contributed by atoms with van der Waals surface area (Å²) in [5.74, 6) is -2.26. The maximum atomic E-state index is 12.6. The van der Waals surface area contributed by atoms with Gasteiger partial charge < -0.3 is 17.7 Å². The molecule has 0 aromatic heterocycles. The Kier molecular flexibility index (Phi) is 3.58. The predicted molar refractivity (Wildman–Crippen MR) is 46.7 cm³/mol. The predicted octanol–water partition coefficient (Wildman–Crippen LogP) is 2.82. The zero-order valence-electron chi connectivity index (χ0n) is 8.07. The van der Waals surface area contributed by atoms with E-state index >= 15 is 0 Å². The lowest BCUT2D eigenvalue weighted by atomic mass is 9.79. The molecular formula is C8H5BF7O-. The topological polar surface area (TPSA) is 9.23 Å². The molecule has 0 radical (unpaired) electrons. The van der Waals surface area contributed by atoms with Crippen molar-refractivity contribution >= 4 is 12.4 Å². The first kappa shape index (κ1) is 13.7. The first-order valence-corrected chi connectivity index (χ1v) is 4.28. The standard InChI is InChI=1S/C8H5BF7O/c10-5-1-2-6(9(14,15)16)7(3-5)17-4-8(11,12)13/h1-3H,4H2/q-1. The Morgan fingerprint density at radius 1 is 1.12 bits per heavy atom. The molecule has 0 spiro atoms. The number of halogens is 7. The minimum Gasteiger partial charge on any atom is -0.487 e. The van der Waals surface area contributed by atoms with Crippen LogP contribution in [0.1, 0.15) is 0 Å². The van der Waals surface area contributed by atoms with Crippen molar-refractivity contribution in [2.45, 2.75) is 6.18 Å². The Balaban J connectivity index is 3.00. The number of benzene rings is 1. The van der Waals surface area contributed by atoms with Gasteiger partial charge in [0.05, 0.1) is 5.75 Å². The Hall–Kier alpha value is -1.41. The molecule has 0 amide bonds. The normalized spacial score (nSPS) is 12.6. The highest BCUT2D eigenvalue weighted by Gasteiger charge is 2.32. The highest BCUT2D eigenvalue weighted by Crippen LogP contribution is 2.22. The van der Waals surface area contributed by atoms with Gasteiger partial charge in [0.2, 0.25) is 0 Å². The van der Waals surface area contributed by atoms with Gasteiger partial charge in [-0.25, -0.2) is 4.39 Å². The minimum absolute atomic E-state index is 0.274. The highest BCUT2D eigenvalue weighted by atomic mass is 19.4. The van der Waals surface area contributed by atoms with Gasteiger partial charge in [0.1, 0.15) is 5.82 Å². The van der Waals surface area contributed by atoms with E-state index < -0.39 is 36.8 Å². The third kappa shape index (κ3) is 4.16. The fourth-order valence-corrected chi connectivity index (χ4v) is 1.06. The third-order valence-corrected chi connectivity index (χ3v) is 1.72. The van der Waals surface area contributed by atoms with Crippen LogP contribution in [0.2, 0.25) is 0 Å². The zero-order valence-corrected chi connectivity index (χ0v) is 8.07. The smallest absolute Gasteiger partial charge is 0.487 e. The van der Waals surface area contributed by atoms with E-state index in [1.165, 1.54) is 0 Å². The Labute approximate surface area is 91.2 Å². The molecule has 17 heavy (non-hydrogen) atoms. The highest BCUT2D eigenvalue weighted by molar-refractivity contribution is 6.74. The van der Waals surface area contributed by atoms with Crippen molar-refractivity contribution in [3.05, 3.63) is 24.0 Å². The summed E-state index contributed by atoms with van der Waals surface area (Å²) in [5.41, 5.74) is -1.39. The van der Waals surface area contributed by atoms with Gasteiger partial charge in [-0.15, -0.1) is 0 Å². The van der Waals surface area contributed by atoms with Crippen LogP contribution in [0.4, 0.5) is 30.5 Å². The van der Waals surface area contributed by atoms with Gasteiger partial charge in [-0.2, -0.15) is 13.2 Å². The maximum absolute atomic E-state index is 12.6. The van der Waals surface area contributed by atoms with Crippen LogP contribution in [0.25, 0.3) is 0 Å². The van der Waals surface area contributed by atoms with E-state index in [4.69, 9.17) is 0 Å². The van der Waals surface area contributed by atoms with Gasteiger partial charge in [-0.05, 0) is 6.07 Å². The minimum atomic E-state index is -5.56. The summed E-state index contributed by atoms with van der Waals surface area (Å²) in [6, 6.07) is 1.13. The van der Waals surface area contributed by atoms with Crippen LogP contribution < -0.4 is 10.2 Å². The molecule has 0 unspecified atom stereocenters. The van der Waals surface area contributed by atoms with Crippen molar-refractivity contribution < 1.29 is 35.2 Å². The molecular weight excluding hydrogens is 256 g/mol. The van der Waals surface area contributed by atoms with Gasteiger partial charge >= 0.3 is 13.2 Å². The van der Waals surface area contributed by atoms with Gasteiger partial charge in [-0.1, -0.05) is 11.5 Å². The quantitative estimate of drug-likeness (QED) is 0.600. The van der Waals surface area contributed by atoms with E-state index in [1.807, 2.05) is 0 Å². The number of hydrogen-bond acceptors (Lipinski definition) is 1. The van der Waals surface area contributed by atoms with Gasteiger partial charge in [0.25, 0.3) is 0 Å². The first-order chi connectivity index (χ1) is 7.59. The Morgan fingerprint density at radius 3 is 2.18 bits per heavy atom. The van der Waals surface area contributed by atoms with Gasteiger partial charge in [0, 0.05) is 6.07 Å². The molecule has 0 aliphatic carbocycles. The average Bonchev–Trinajstić information content (AvgIpc) is 2.11. The fraction of sp³-hybridized carbons (Fsp3) is 0.250. The fourth-order valence-electron chi connectivity index (χ4n) is 1.06. The lowest BCUT2D eigenvalue weighted by Gasteiger charge is -2.20. The molecule has 0 aliphatic rings.